The van der Waals surface area contributed by atoms with Gasteiger partial charge in [-0.25, -0.2) is 27.2 Å². The molecule has 2 N–H and O–H groups in total. The minimum Gasteiger partial charge on any atom is -0.463 e. The first-order valence-electron chi connectivity index (χ1n) is 10.1. The van der Waals surface area contributed by atoms with Crippen LogP contribution in [0, 0.1) is 5.82 Å². The van der Waals surface area contributed by atoms with Gasteiger partial charge in [0.2, 0.25) is 10.0 Å². The number of ether oxygens (including phenoxy) is 2. The number of hydrogen-bond donors (Lipinski definition) is 2. The lowest BCUT2D eigenvalue weighted by Crippen LogP contribution is -2.45. The summed E-state index contributed by atoms with van der Waals surface area (Å²) in [7, 11) is -4.10. The van der Waals surface area contributed by atoms with Crippen LogP contribution in [0.4, 0.5) is 9.18 Å². The summed E-state index contributed by atoms with van der Waals surface area (Å²) in [6, 6.07) is 2.35. The minimum atomic E-state index is -4.10. The number of amides is 2. The molecule has 32 heavy (non-hydrogen) atoms. The van der Waals surface area contributed by atoms with E-state index in [1.54, 1.807) is 6.92 Å². The molecule has 174 valence electrons. The quantitative estimate of drug-likeness (QED) is 0.575. The molecule has 1 aromatic rings. The molecule has 0 aromatic heterocycles. The Hall–Kier alpha value is -2.99. The Morgan fingerprint density at radius 3 is 2.53 bits per heavy atom. The van der Waals surface area contributed by atoms with Gasteiger partial charge in [0.25, 0.3) is 0 Å². The van der Waals surface area contributed by atoms with E-state index in [0.717, 1.165) is 24.6 Å². The van der Waals surface area contributed by atoms with E-state index in [1.807, 2.05) is 0 Å². The normalized spacial score (nSPS) is 17.4. The molecule has 3 rings (SSSR count). The fourth-order valence-electron chi connectivity index (χ4n) is 3.36. The highest BCUT2D eigenvalue weighted by molar-refractivity contribution is 7.89. The molecule has 0 spiro atoms. The maximum atomic E-state index is 14.3. The first kappa shape index (κ1) is 23.7. The number of sulfonamides is 1. The summed E-state index contributed by atoms with van der Waals surface area (Å²) in [5.74, 6) is -2.59. The van der Waals surface area contributed by atoms with Gasteiger partial charge < -0.3 is 20.1 Å². The third-order valence-electron chi connectivity index (χ3n) is 5.02. The first-order valence-corrected chi connectivity index (χ1v) is 11.6. The molecule has 1 fully saturated rings. The van der Waals surface area contributed by atoms with Crippen LogP contribution in [0.2, 0.25) is 0 Å². The zero-order valence-electron chi connectivity index (χ0n) is 17.5. The number of rotatable bonds is 7. The maximum absolute atomic E-state index is 14.3. The largest absolute Gasteiger partial charge is 0.463 e. The van der Waals surface area contributed by atoms with Crippen molar-refractivity contribution in [3.05, 3.63) is 40.8 Å². The summed E-state index contributed by atoms with van der Waals surface area (Å²) in [5.41, 5.74) is -0.0453. The molecule has 1 aromatic carbocycles. The van der Waals surface area contributed by atoms with Gasteiger partial charge in [-0.1, -0.05) is 6.42 Å². The number of piperidine rings is 1. The van der Waals surface area contributed by atoms with E-state index < -0.39 is 45.3 Å². The molecule has 2 aliphatic rings. The Bertz CT molecular complexity index is 1050. The molecule has 2 amide bonds. The molecule has 2 heterocycles. The molecule has 0 bridgehead atoms. The Kier molecular flexibility index (Phi) is 7.46. The van der Waals surface area contributed by atoms with E-state index >= 15 is 0 Å². The number of halogens is 1. The van der Waals surface area contributed by atoms with Crippen LogP contribution < -0.4 is 10.6 Å². The van der Waals surface area contributed by atoms with Crippen molar-refractivity contribution in [2.45, 2.75) is 31.1 Å². The Labute approximate surface area is 184 Å². The molecule has 0 radical (unpaired) electrons. The minimum absolute atomic E-state index is 0.0452. The Morgan fingerprint density at radius 2 is 1.84 bits per heavy atom. The second-order valence-corrected chi connectivity index (χ2v) is 9.08. The van der Waals surface area contributed by atoms with Crippen molar-refractivity contribution in [3.63, 3.8) is 0 Å². The third-order valence-corrected chi connectivity index (χ3v) is 6.94. The number of esters is 2. The monoisotopic (exact) mass is 469 g/mol. The summed E-state index contributed by atoms with van der Waals surface area (Å²) >= 11 is 0. The van der Waals surface area contributed by atoms with Crippen LogP contribution in [0.25, 0.3) is 0 Å². The molecule has 0 unspecified atom stereocenters. The smallest absolute Gasteiger partial charge is 0.338 e. The van der Waals surface area contributed by atoms with Crippen molar-refractivity contribution in [2.24, 2.45) is 0 Å². The highest BCUT2D eigenvalue weighted by Gasteiger charge is 2.30. The van der Waals surface area contributed by atoms with Gasteiger partial charge in [-0.05, 0) is 38.0 Å². The number of carbonyl (C=O) groups is 3. The van der Waals surface area contributed by atoms with Gasteiger partial charge in [0.05, 0.1) is 30.0 Å². The molecule has 0 aliphatic carbocycles. The van der Waals surface area contributed by atoms with E-state index in [-0.39, 0.29) is 43.1 Å². The van der Waals surface area contributed by atoms with Crippen LogP contribution in [-0.2, 0) is 24.3 Å². The van der Waals surface area contributed by atoms with Crippen LogP contribution in [0.1, 0.15) is 36.5 Å². The standard InChI is InChI=1S/C20H24FN3O7S/c1-2-30-19(26)14-11-22-20(27)23-16(14)12-31-18(25)13-6-7-15(21)17(10-13)32(28,29)24-8-4-3-5-9-24/h6-7,10H,2-5,8-9,11-12H2,1H3,(H2,22,23,27). The average molecular weight is 469 g/mol. The van der Waals surface area contributed by atoms with Crippen molar-refractivity contribution in [2.75, 3.05) is 32.8 Å². The zero-order chi connectivity index (χ0) is 23.3. The summed E-state index contributed by atoms with van der Waals surface area (Å²) in [6.07, 6.45) is 2.26. The summed E-state index contributed by atoms with van der Waals surface area (Å²) in [4.78, 5) is 35.6. The number of urea groups is 1. The van der Waals surface area contributed by atoms with Gasteiger partial charge in [-0.15, -0.1) is 0 Å². The van der Waals surface area contributed by atoms with E-state index in [0.29, 0.717) is 12.8 Å². The van der Waals surface area contributed by atoms with Crippen molar-refractivity contribution < 1.29 is 36.7 Å². The summed E-state index contributed by atoms with van der Waals surface area (Å²) in [5, 5.41) is 4.81. The molecule has 12 heteroatoms. The van der Waals surface area contributed by atoms with Gasteiger partial charge in [-0.3, -0.25) is 0 Å². The maximum Gasteiger partial charge on any atom is 0.338 e. The number of carbonyl (C=O) groups excluding carboxylic acids is 3. The fourth-order valence-corrected chi connectivity index (χ4v) is 4.97. The van der Waals surface area contributed by atoms with Crippen molar-refractivity contribution in [1.29, 1.82) is 0 Å². The van der Waals surface area contributed by atoms with Gasteiger partial charge in [0.15, 0.2) is 0 Å². The van der Waals surface area contributed by atoms with Crippen molar-refractivity contribution in [3.8, 4) is 0 Å². The molecule has 0 atom stereocenters. The summed E-state index contributed by atoms with van der Waals surface area (Å²) < 4.78 is 51.3. The SMILES string of the molecule is CCOC(=O)C1=C(COC(=O)c2ccc(F)c(S(=O)(=O)N3CCCCC3)c2)NC(=O)NC1. The van der Waals surface area contributed by atoms with Gasteiger partial charge >= 0.3 is 18.0 Å². The lowest BCUT2D eigenvalue weighted by Gasteiger charge is -2.26. The highest BCUT2D eigenvalue weighted by Crippen LogP contribution is 2.24. The lowest BCUT2D eigenvalue weighted by atomic mass is 10.1. The van der Waals surface area contributed by atoms with E-state index in [1.165, 1.54) is 4.31 Å². The number of nitrogens with zero attached hydrogens (tertiary/aromatic N) is 1. The fraction of sp³-hybridized carbons (Fsp3) is 0.450. The third kappa shape index (κ3) is 5.25. The van der Waals surface area contributed by atoms with Crippen LogP contribution in [0.5, 0.6) is 0 Å². The highest BCUT2D eigenvalue weighted by atomic mass is 32.2. The van der Waals surface area contributed by atoms with Crippen LogP contribution in [-0.4, -0.2) is 63.5 Å². The van der Waals surface area contributed by atoms with E-state index in [2.05, 4.69) is 10.6 Å². The first-order chi connectivity index (χ1) is 15.2. The molecule has 10 nitrogen and oxygen atoms in total. The number of nitrogens with one attached hydrogen (secondary N) is 2. The predicted molar refractivity (Wildman–Crippen MR) is 109 cm³/mol. The van der Waals surface area contributed by atoms with Crippen LogP contribution in [0.15, 0.2) is 34.4 Å². The molecular weight excluding hydrogens is 445 g/mol. The predicted octanol–water partition coefficient (Wildman–Crippen LogP) is 1.29. The number of benzene rings is 1. The van der Waals surface area contributed by atoms with Crippen LogP contribution in [0.3, 0.4) is 0 Å². The van der Waals surface area contributed by atoms with E-state index in [4.69, 9.17) is 9.47 Å². The molecule has 2 aliphatic heterocycles. The Morgan fingerprint density at radius 1 is 1.12 bits per heavy atom. The van der Waals surface area contributed by atoms with Crippen LogP contribution >= 0.6 is 0 Å². The van der Waals surface area contributed by atoms with Crippen molar-refractivity contribution in [1.82, 2.24) is 14.9 Å². The summed E-state index contributed by atoms with van der Waals surface area (Å²) in [6.45, 7) is 1.74. The Balaban J connectivity index is 1.78. The number of hydrogen-bond acceptors (Lipinski definition) is 7. The molecule has 0 saturated carbocycles. The topological polar surface area (TPSA) is 131 Å². The van der Waals surface area contributed by atoms with Gasteiger partial charge in [-0.2, -0.15) is 4.31 Å². The van der Waals surface area contributed by atoms with E-state index in [9.17, 15) is 27.2 Å². The van der Waals surface area contributed by atoms with Crippen molar-refractivity contribution >= 4 is 28.0 Å². The average Bonchev–Trinajstić information content (AvgIpc) is 2.78. The van der Waals surface area contributed by atoms with Gasteiger partial charge in [0, 0.05) is 13.1 Å². The molecular formula is C20H24FN3O7S. The van der Waals surface area contributed by atoms with Gasteiger partial charge in [0.1, 0.15) is 17.3 Å². The lowest BCUT2D eigenvalue weighted by molar-refractivity contribution is -0.138. The zero-order valence-corrected chi connectivity index (χ0v) is 18.3. The second kappa shape index (κ2) is 10.1. The second-order valence-electron chi connectivity index (χ2n) is 7.17. The molecule has 1 saturated heterocycles.